The number of hydrogen-bond donors (Lipinski definition) is 3. The van der Waals surface area contributed by atoms with Crippen molar-refractivity contribution in [2.45, 2.75) is 0 Å². The van der Waals surface area contributed by atoms with Gasteiger partial charge in [-0.3, -0.25) is 4.72 Å². The molecule has 2 heterocycles. The van der Waals surface area contributed by atoms with Gasteiger partial charge < -0.3 is 25.2 Å². The molecule has 0 atom stereocenters. The summed E-state index contributed by atoms with van der Waals surface area (Å²) < 4.78 is 31.1. The van der Waals surface area contributed by atoms with Crippen LogP contribution in [0, 0.1) is 0 Å². The summed E-state index contributed by atoms with van der Waals surface area (Å²) in [6.07, 6.45) is 2.83. The molecule has 0 unspecified atom stereocenters. The normalized spacial score (nSPS) is 14.5. The zero-order valence-electron chi connectivity index (χ0n) is 19.6. The van der Waals surface area contributed by atoms with Gasteiger partial charge in [-0.25, -0.2) is 13.4 Å². The topological polar surface area (TPSA) is 98.8 Å². The molecule has 34 heavy (non-hydrogen) atoms. The van der Waals surface area contributed by atoms with Crippen LogP contribution in [-0.4, -0.2) is 64.9 Å². The number of ether oxygens (including phenoxy) is 1. The molecule has 1 fully saturated rings. The summed E-state index contributed by atoms with van der Waals surface area (Å²) >= 11 is 0. The summed E-state index contributed by atoms with van der Waals surface area (Å²) in [4.78, 5) is 9.12. The van der Waals surface area contributed by atoms with Crippen molar-refractivity contribution in [3.05, 3.63) is 60.8 Å². The van der Waals surface area contributed by atoms with Gasteiger partial charge in [0.2, 0.25) is 10.0 Å². The lowest BCUT2D eigenvalue weighted by atomic mass is 10.2. The number of likely N-dealkylation sites (N-methyl/N-ethyl adjacent to an activating group) is 1. The third-order valence-corrected chi connectivity index (χ3v) is 6.14. The predicted octanol–water partition coefficient (Wildman–Crippen LogP) is 3.70. The molecule has 3 aromatic rings. The lowest BCUT2D eigenvalue weighted by Gasteiger charge is -2.34. The molecule has 1 aromatic heterocycles. The first-order chi connectivity index (χ1) is 16.3. The molecule has 3 N–H and O–H groups in total. The van der Waals surface area contributed by atoms with Crippen molar-refractivity contribution in [3.8, 4) is 5.75 Å². The molecular weight excluding hydrogens is 452 g/mol. The molecule has 1 saturated heterocycles. The maximum absolute atomic E-state index is 11.5. The Balaban J connectivity index is 1.48. The number of aromatic nitrogens is 1. The van der Waals surface area contributed by atoms with E-state index in [2.05, 4.69) is 49.3 Å². The molecule has 0 aliphatic carbocycles. The van der Waals surface area contributed by atoms with Gasteiger partial charge >= 0.3 is 0 Å². The maximum Gasteiger partial charge on any atom is 0.229 e. The van der Waals surface area contributed by atoms with Gasteiger partial charge in [0.05, 0.1) is 24.7 Å². The Bertz CT molecular complexity index is 1240. The molecule has 180 valence electrons. The number of nitrogens with zero attached hydrogens (tertiary/aromatic N) is 3. The van der Waals surface area contributed by atoms with E-state index in [-0.39, 0.29) is 0 Å². The number of rotatable bonds is 8. The lowest BCUT2D eigenvalue weighted by Crippen LogP contribution is -2.44. The second kappa shape index (κ2) is 10.2. The number of nitrogens with one attached hydrogen (secondary N) is 3. The Hall–Kier alpha value is -3.50. The molecule has 0 amide bonds. The van der Waals surface area contributed by atoms with E-state index in [0.29, 0.717) is 11.5 Å². The quantitative estimate of drug-likeness (QED) is 0.447. The van der Waals surface area contributed by atoms with E-state index in [1.807, 2.05) is 24.3 Å². The third kappa shape index (κ3) is 6.30. The Kier molecular flexibility index (Phi) is 7.09. The molecule has 4 rings (SSSR count). The number of anilines is 6. The van der Waals surface area contributed by atoms with Crippen LogP contribution in [0.5, 0.6) is 5.75 Å². The fourth-order valence-corrected chi connectivity index (χ4v) is 4.36. The highest BCUT2D eigenvalue weighted by Crippen LogP contribution is 2.32. The summed E-state index contributed by atoms with van der Waals surface area (Å²) in [6, 6.07) is 17.0. The summed E-state index contributed by atoms with van der Waals surface area (Å²) in [7, 11) is 0.464. The van der Waals surface area contributed by atoms with Gasteiger partial charge in [0.15, 0.2) is 0 Å². The standard InChI is InChI=1S/C24H30N6O3S/c1-29-11-13-30(14-12-29)21-7-8-22(23(17-21)33-2)27-24-16-19(9-10-25-24)26-18-5-4-6-20(15-18)28-34(3,31)32/h4-10,15-17,28H,11-14H2,1-3H3,(H2,25,26,27). The highest BCUT2D eigenvalue weighted by atomic mass is 32.2. The van der Waals surface area contributed by atoms with Crippen LogP contribution >= 0.6 is 0 Å². The maximum atomic E-state index is 11.5. The van der Waals surface area contributed by atoms with Crippen molar-refractivity contribution < 1.29 is 13.2 Å². The SMILES string of the molecule is COc1cc(N2CCN(C)CC2)ccc1Nc1cc(Nc2cccc(NS(C)(=O)=O)c2)ccn1. The Labute approximate surface area is 200 Å². The van der Waals surface area contributed by atoms with Gasteiger partial charge in [-0.05, 0) is 43.4 Å². The minimum absolute atomic E-state index is 0.491. The van der Waals surface area contributed by atoms with Crippen molar-refractivity contribution in [2.24, 2.45) is 0 Å². The molecule has 0 spiro atoms. The number of methoxy groups -OCH3 is 1. The average molecular weight is 483 g/mol. The smallest absolute Gasteiger partial charge is 0.229 e. The summed E-state index contributed by atoms with van der Waals surface area (Å²) in [5, 5.41) is 6.62. The molecule has 1 aliphatic heterocycles. The highest BCUT2D eigenvalue weighted by Gasteiger charge is 2.16. The number of benzene rings is 2. The minimum atomic E-state index is -3.34. The molecule has 9 nitrogen and oxygen atoms in total. The number of hydrogen-bond acceptors (Lipinski definition) is 8. The van der Waals surface area contributed by atoms with Crippen LogP contribution in [0.15, 0.2) is 60.8 Å². The van der Waals surface area contributed by atoms with Crippen molar-refractivity contribution in [1.82, 2.24) is 9.88 Å². The van der Waals surface area contributed by atoms with Crippen LogP contribution in [0.25, 0.3) is 0 Å². The first kappa shape index (κ1) is 23.7. The Morgan fingerprint density at radius 1 is 0.912 bits per heavy atom. The van der Waals surface area contributed by atoms with E-state index >= 15 is 0 Å². The first-order valence-corrected chi connectivity index (χ1v) is 12.9. The van der Waals surface area contributed by atoms with E-state index in [4.69, 9.17) is 4.74 Å². The summed E-state index contributed by atoms with van der Waals surface area (Å²) in [6.45, 7) is 4.06. The average Bonchev–Trinajstić information content (AvgIpc) is 2.79. The molecule has 2 aromatic carbocycles. The van der Waals surface area contributed by atoms with Crippen LogP contribution in [0.4, 0.5) is 34.3 Å². The Morgan fingerprint density at radius 3 is 2.38 bits per heavy atom. The molecule has 0 saturated carbocycles. The number of pyridine rings is 1. The van der Waals surface area contributed by atoms with Crippen LogP contribution in [-0.2, 0) is 10.0 Å². The van der Waals surface area contributed by atoms with Gasteiger partial charge in [0, 0.05) is 61.6 Å². The van der Waals surface area contributed by atoms with Gasteiger partial charge in [0.1, 0.15) is 11.6 Å². The summed E-state index contributed by atoms with van der Waals surface area (Å²) in [5.41, 5.74) is 4.01. The van der Waals surface area contributed by atoms with E-state index in [1.165, 1.54) is 0 Å². The van der Waals surface area contributed by atoms with Crippen molar-refractivity contribution >= 4 is 44.3 Å². The highest BCUT2D eigenvalue weighted by molar-refractivity contribution is 7.92. The van der Waals surface area contributed by atoms with Gasteiger partial charge in [0.25, 0.3) is 0 Å². The number of sulfonamides is 1. The summed E-state index contributed by atoms with van der Waals surface area (Å²) in [5.74, 6) is 1.40. The van der Waals surface area contributed by atoms with Gasteiger partial charge in [-0.15, -0.1) is 0 Å². The largest absolute Gasteiger partial charge is 0.494 e. The van der Waals surface area contributed by atoms with Crippen LogP contribution in [0.1, 0.15) is 0 Å². The van der Waals surface area contributed by atoms with E-state index in [0.717, 1.165) is 60.9 Å². The second-order valence-corrected chi connectivity index (χ2v) is 10.1. The zero-order chi connectivity index (χ0) is 24.1. The van der Waals surface area contributed by atoms with Crippen LogP contribution in [0.2, 0.25) is 0 Å². The van der Waals surface area contributed by atoms with Crippen molar-refractivity contribution in [2.75, 3.05) is 66.8 Å². The molecule has 0 radical (unpaired) electrons. The van der Waals surface area contributed by atoms with Gasteiger partial charge in [-0.1, -0.05) is 6.07 Å². The predicted molar refractivity (Wildman–Crippen MR) is 138 cm³/mol. The fraction of sp³-hybridized carbons (Fsp3) is 0.292. The molecular formula is C24H30N6O3S. The lowest BCUT2D eigenvalue weighted by molar-refractivity contribution is 0.312. The van der Waals surface area contributed by atoms with Crippen molar-refractivity contribution in [3.63, 3.8) is 0 Å². The molecule has 10 heteroatoms. The monoisotopic (exact) mass is 482 g/mol. The first-order valence-electron chi connectivity index (χ1n) is 11.0. The van der Waals surface area contributed by atoms with E-state index < -0.39 is 10.0 Å². The Morgan fingerprint density at radius 2 is 1.65 bits per heavy atom. The number of piperazine rings is 1. The second-order valence-electron chi connectivity index (χ2n) is 8.31. The zero-order valence-corrected chi connectivity index (χ0v) is 20.4. The van der Waals surface area contributed by atoms with Crippen LogP contribution in [0.3, 0.4) is 0 Å². The van der Waals surface area contributed by atoms with Gasteiger partial charge in [-0.2, -0.15) is 0 Å². The molecule has 1 aliphatic rings. The minimum Gasteiger partial charge on any atom is -0.494 e. The van der Waals surface area contributed by atoms with Crippen molar-refractivity contribution in [1.29, 1.82) is 0 Å². The van der Waals surface area contributed by atoms with E-state index in [9.17, 15) is 8.42 Å². The third-order valence-electron chi connectivity index (χ3n) is 5.53. The van der Waals surface area contributed by atoms with E-state index in [1.54, 1.807) is 31.5 Å². The van der Waals surface area contributed by atoms with Crippen LogP contribution < -0.4 is 25.0 Å². The molecule has 0 bridgehead atoms. The fourth-order valence-electron chi connectivity index (χ4n) is 3.80.